The molecule has 2 N–H and O–H groups in total. The largest absolute Gasteiger partial charge is 0.366 e. The second-order valence-electron chi connectivity index (χ2n) is 6.30. The summed E-state index contributed by atoms with van der Waals surface area (Å²) in [5.74, 6) is 0.957. The Labute approximate surface area is 143 Å². The van der Waals surface area contributed by atoms with Crippen molar-refractivity contribution < 1.29 is 14.1 Å². The molecule has 0 bridgehead atoms. The average molecular weight is 348 g/mol. The summed E-state index contributed by atoms with van der Waals surface area (Å²) in [5.41, 5.74) is 5.62. The summed E-state index contributed by atoms with van der Waals surface area (Å²) in [7, 11) is 0. The Balaban J connectivity index is 1.72. The Morgan fingerprint density at radius 1 is 1.46 bits per heavy atom. The molecule has 1 unspecified atom stereocenters. The van der Waals surface area contributed by atoms with E-state index in [4.69, 9.17) is 10.3 Å². The van der Waals surface area contributed by atoms with Crippen LogP contribution in [0.1, 0.15) is 70.3 Å². The standard InChI is InChI=1S/C16H20N4O3S/c1-9(2)15-18-14(19-23-15)10-4-3-5-20(7-10)16(22)12-6-11(8-24-12)13(17)21/h6,8-10H,3-5,7H2,1-2H3,(H2,17,21). The minimum atomic E-state index is -0.519. The first kappa shape index (κ1) is 16.6. The molecule has 7 nitrogen and oxygen atoms in total. The van der Waals surface area contributed by atoms with Crippen LogP contribution in [0.25, 0.3) is 0 Å². The predicted octanol–water partition coefficient (Wildman–Crippen LogP) is 2.37. The van der Waals surface area contributed by atoms with Crippen molar-refractivity contribution >= 4 is 23.2 Å². The number of carbonyl (C=O) groups is 2. The van der Waals surface area contributed by atoms with Gasteiger partial charge < -0.3 is 15.2 Å². The number of primary amides is 1. The van der Waals surface area contributed by atoms with Crippen molar-refractivity contribution in [2.24, 2.45) is 5.73 Å². The molecule has 1 aliphatic rings. The minimum Gasteiger partial charge on any atom is -0.366 e. The molecule has 0 aromatic carbocycles. The number of likely N-dealkylation sites (tertiary alicyclic amines) is 1. The van der Waals surface area contributed by atoms with Gasteiger partial charge in [-0.15, -0.1) is 11.3 Å². The van der Waals surface area contributed by atoms with Gasteiger partial charge >= 0.3 is 0 Å². The molecule has 1 atom stereocenters. The van der Waals surface area contributed by atoms with E-state index in [1.54, 1.807) is 16.3 Å². The van der Waals surface area contributed by atoms with Crippen LogP contribution in [0.5, 0.6) is 0 Å². The zero-order valence-corrected chi connectivity index (χ0v) is 14.5. The molecule has 1 saturated heterocycles. The van der Waals surface area contributed by atoms with E-state index < -0.39 is 5.91 Å². The van der Waals surface area contributed by atoms with Crippen molar-refractivity contribution in [3.05, 3.63) is 33.6 Å². The quantitative estimate of drug-likeness (QED) is 0.914. The first-order valence-electron chi connectivity index (χ1n) is 7.96. The van der Waals surface area contributed by atoms with Gasteiger partial charge in [-0.2, -0.15) is 4.98 Å². The Hall–Kier alpha value is -2.22. The number of aromatic nitrogens is 2. The third kappa shape index (κ3) is 3.33. The lowest BCUT2D eigenvalue weighted by Gasteiger charge is -2.30. The fraction of sp³-hybridized carbons (Fsp3) is 0.500. The molecule has 24 heavy (non-hydrogen) atoms. The smallest absolute Gasteiger partial charge is 0.263 e. The molecule has 0 spiro atoms. The number of rotatable bonds is 4. The maximum atomic E-state index is 12.6. The van der Waals surface area contributed by atoms with Crippen molar-refractivity contribution in [3.63, 3.8) is 0 Å². The summed E-state index contributed by atoms with van der Waals surface area (Å²) in [4.78, 5) is 30.6. The highest BCUT2D eigenvalue weighted by Crippen LogP contribution is 2.28. The lowest BCUT2D eigenvalue weighted by Crippen LogP contribution is -2.39. The predicted molar refractivity (Wildman–Crippen MR) is 89.1 cm³/mol. The number of thiophene rings is 1. The van der Waals surface area contributed by atoms with Crippen molar-refractivity contribution in [1.29, 1.82) is 0 Å². The number of nitrogens with two attached hydrogens (primary N) is 1. The van der Waals surface area contributed by atoms with Gasteiger partial charge in [0, 0.05) is 30.3 Å². The van der Waals surface area contributed by atoms with Crippen LogP contribution < -0.4 is 5.73 Å². The molecular weight excluding hydrogens is 328 g/mol. The highest BCUT2D eigenvalue weighted by Gasteiger charge is 2.29. The summed E-state index contributed by atoms with van der Waals surface area (Å²) >= 11 is 1.24. The van der Waals surface area contributed by atoms with E-state index in [9.17, 15) is 9.59 Å². The summed E-state index contributed by atoms with van der Waals surface area (Å²) in [5, 5.41) is 5.69. The molecule has 3 heterocycles. The van der Waals surface area contributed by atoms with E-state index >= 15 is 0 Å². The number of piperidine rings is 1. The fourth-order valence-electron chi connectivity index (χ4n) is 2.75. The molecule has 128 valence electrons. The third-order valence-electron chi connectivity index (χ3n) is 4.12. The Kier molecular flexibility index (Phi) is 4.66. The monoisotopic (exact) mass is 348 g/mol. The van der Waals surface area contributed by atoms with Gasteiger partial charge in [-0.3, -0.25) is 9.59 Å². The molecule has 1 fully saturated rings. The highest BCUT2D eigenvalue weighted by atomic mass is 32.1. The van der Waals surface area contributed by atoms with Crippen LogP contribution in [-0.2, 0) is 0 Å². The SMILES string of the molecule is CC(C)c1nc(C2CCCN(C(=O)c3cc(C(N)=O)cs3)C2)no1. The van der Waals surface area contributed by atoms with Crippen LogP contribution in [0.3, 0.4) is 0 Å². The van der Waals surface area contributed by atoms with Crippen LogP contribution >= 0.6 is 11.3 Å². The zero-order chi connectivity index (χ0) is 17.3. The lowest BCUT2D eigenvalue weighted by atomic mass is 9.97. The first-order valence-corrected chi connectivity index (χ1v) is 8.84. The molecule has 2 aromatic rings. The van der Waals surface area contributed by atoms with Gasteiger partial charge in [-0.1, -0.05) is 19.0 Å². The molecule has 2 amide bonds. The number of amides is 2. The molecule has 8 heteroatoms. The first-order chi connectivity index (χ1) is 11.5. The van der Waals surface area contributed by atoms with E-state index in [1.165, 1.54) is 11.3 Å². The van der Waals surface area contributed by atoms with Gasteiger partial charge in [0.05, 0.1) is 10.4 Å². The lowest BCUT2D eigenvalue weighted by molar-refractivity contribution is 0.0708. The normalized spacial score (nSPS) is 18.1. The van der Waals surface area contributed by atoms with Crippen LogP contribution in [0, 0.1) is 0 Å². The molecule has 0 aliphatic carbocycles. The van der Waals surface area contributed by atoms with Gasteiger partial charge in [0.1, 0.15) is 0 Å². The van der Waals surface area contributed by atoms with Gasteiger partial charge in [0.15, 0.2) is 5.82 Å². The maximum absolute atomic E-state index is 12.6. The Bertz CT molecular complexity index is 752. The topological polar surface area (TPSA) is 102 Å². The van der Waals surface area contributed by atoms with Crippen molar-refractivity contribution in [2.75, 3.05) is 13.1 Å². The molecular formula is C16H20N4O3S. The number of hydrogen-bond donors (Lipinski definition) is 1. The Morgan fingerprint density at radius 3 is 2.88 bits per heavy atom. The molecule has 3 rings (SSSR count). The maximum Gasteiger partial charge on any atom is 0.263 e. The Morgan fingerprint density at radius 2 is 2.25 bits per heavy atom. The van der Waals surface area contributed by atoms with Crippen molar-refractivity contribution in [2.45, 2.75) is 38.5 Å². The molecule has 0 saturated carbocycles. The van der Waals surface area contributed by atoms with Crippen LogP contribution in [0.2, 0.25) is 0 Å². The van der Waals surface area contributed by atoms with Gasteiger partial charge in [0.2, 0.25) is 11.8 Å². The van der Waals surface area contributed by atoms with Crippen LogP contribution in [0.15, 0.2) is 16.0 Å². The molecule has 1 aliphatic heterocycles. The van der Waals surface area contributed by atoms with Crippen molar-refractivity contribution in [3.8, 4) is 0 Å². The van der Waals surface area contributed by atoms with E-state index in [0.29, 0.717) is 35.2 Å². The highest BCUT2D eigenvalue weighted by molar-refractivity contribution is 7.12. The molecule has 0 radical (unpaired) electrons. The number of hydrogen-bond acceptors (Lipinski definition) is 6. The van der Waals surface area contributed by atoms with E-state index in [1.807, 2.05) is 13.8 Å². The van der Waals surface area contributed by atoms with Gasteiger partial charge in [-0.05, 0) is 18.9 Å². The average Bonchev–Trinajstić information content (AvgIpc) is 3.24. The molecule has 2 aromatic heterocycles. The summed E-state index contributed by atoms with van der Waals surface area (Å²) in [6.07, 6.45) is 1.81. The number of nitrogens with zero attached hydrogens (tertiary/aromatic N) is 3. The minimum absolute atomic E-state index is 0.0783. The second-order valence-corrected chi connectivity index (χ2v) is 7.21. The third-order valence-corrected chi connectivity index (χ3v) is 5.04. The van der Waals surface area contributed by atoms with E-state index in [0.717, 1.165) is 12.8 Å². The van der Waals surface area contributed by atoms with E-state index in [2.05, 4.69) is 10.1 Å². The summed E-state index contributed by atoms with van der Waals surface area (Å²) < 4.78 is 5.28. The number of carbonyl (C=O) groups excluding carboxylic acids is 2. The fourth-order valence-corrected chi connectivity index (χ4v) is 3.62. The second kappa shape index (κ2) is 6.72. The van der Waals surface area contributed by atoms with Crippen LogP contribution in [0.4, 0.5) is 0 Å². The van der Waals surface area contributed by atoms with Crippen molar-refractivity contribution in [1.82, 2.24) is 15.0 Å². The summed E-state index contributed by atoms with van der Waals surface area (Å²) in [6.45, 7) is 5.25. The van der Waals surface area contributed by atoms with Gasteiger partial charge in [0.25, 0.3) is 5.91 Å². The van der Waals surface area contributed by atoms with Gasteiger partial charge in [-0.25, -0.2) is 0 Å². The summed E-state index contributed by atoms with van der Waals surface area (Å²) in [6, 6.07) is 1.56. The van der Waals surface area contributed by atoms with E-state index in [-0.39, 0.29) is 17.7 Å². The zero-order valence-electron chi connectivity index (χ0n) is 13.7. The van der Waals surface area contributed by atoms with Crippen LogP contribution in [-0.4, -0.2) is 39.9 Å².